The summed E-state index contributed by atoms with van der Waals surface area (Å²) in [5.41, 5.74) is 1.05. The van der Waals surface area contributed by atoms with E-state index in [-0.39, 0.29) is 12.1 Å². The highest BCUT2D eigenvalue weighted by atomic mass is 35.5. The van der Waals surface area contributed by atoms with Crippen LogP contribution in [0.5, 0.6) is 0 Å². The average Bonchev–Trinajstić information content (AvgIpc) is 2.54. The minimum absolute atomic E-state index is 0.00893. The van der Waals surface area contributed by atoms with Crippen LogP contribution in [0, 0.1) is 0 Å². The molecule has 1 heterocycles. The van der Waals surface area contributed by atoms with Gasteiger partial charge in [-0.2, -0.15) is 0 Å². The number of carbonyl (C=O) groups is 1. The molecule has 2 rings (SSSR count). The first-order valence-electron chi connectivity index (χ1n) is 8.25. The maximum atomic E-state index is 12.5. The van der Waals surface area contributed by atoms with Gasteiger partial charge >= 0.3 is 6.03 Å². The first-order chi connectivity index (χ1) is 11.1. The van der Waals surface area contributed by atoms with E-state index in [0.717, 1.165) is 38.0 Å². The van der Waals surface area contributed by atoms with Gasteiger partial charge in [-0.25, -0.2) is 4.79 Å². The third kappa shape index (κ3) is 5.56. The first-order valence-corrected chi connectivity index (χ1v) is 8.63. The van der Waals surface area contributed by atoms with Gasteiger partial charge in [0, 0.05) is 43.8 Å². The Labute approximate surface area is 144 Å². The van der Waals surface area contributed by atoms with Gasteiger partial charge in [0.15, 0.2) is 0 Å². The molecule has 0 atom stereocenters. The van der Waals surface area contributed by atoms with Crippen LogP contribution in [0.25, 0.3) is 0 Å². The largest absolute Gasteiger partial charge is 0.335 e. The van der Waals surface area contributed by atoms with E-state index in [2.05, 4.69) is 16.8 Å². The molecule has 1 N–H and O–H groups in total. The molecular weight excluding hydrogens is 310 g/mol. The lowest BCUT2D eigenvalue weighted by atomic mass is 10.1. The number of piperidine rings is 1. The Morgan fingerprint density at radius 3 is 2.83 bits per heavy atom. The quantitative estimate of drug-likeness (QED) is 0.807. The summed E-state index contributed by atoms with van der Waals surface area (Å²) in [6.45, 7) is 9.98. The van der Waals surface area contributed by atoms with Crippen LogP contribution in [-0.4, -0.2) is 48.1 Å². The summed E-state index contributed by atoms with van der Waals surface area (Å²) < 4.78 is 0. The fourth-order valence-corrected chi connectivity index (χ4v) is 3.10. The van der Waals surface area contributed by atoms with Crippen LogP contribution >= 0.6 is 11.6 Å². The van der Waals surface area contributed by atoms with Gasteiger partial charge in [0.05, 0.1) is 0 Å². The Balaban J connectivity index is 1.84. The molecule has 0 radical (unpaired) electrons. The Hall–Kier alpha value is -1.52. The van der Waals surface area contributed by atoms with Gasteiger partial charge in [0.25, 0.3) is 0 Å². The van der Waals surface area contributed by atoms with Crippen molar-refractivity contribution >= 4 is 17.6 Å². The topological polar surface area (TPSA) is 35.6 Å². The van der Waals surface area contributed by atoms with E-state index in [4.69, 9.17) is 11.6 Å². The second kappa shape index (κ2) is 8.94. The molecule has 1 aliphatic rings. The smallest absolute Gasteiger partial charge is 0.317 e. The van der Waals surface area contributed by atoms with Crippen molar-refractivity contribution in [2.24, 2.45) is 0 Å². The number of hydrogen-bond donors (Lipinski definition) is 1. The predicted octanol–water partition coefficient (Wildman–Crippen LogP) is 3.52. The van der Waals surface area contributed by atoms with Crippen LogP contribution in [0.1, 0.15) is 25.3 Å². The van der Waals surface area contributed by atoms with Crippen molar-refractivity contribution in [2.45, 2.75) is 32.4 Å². The molecule has 0 unspecified atom stereocenters. The Bertz CT molecular complexity index is 527. The van der Waals surface area contributed by atoms with Crippen molar-refractivity contribution in [3.8, 4) is 0 Å². The lowest BCUT2D eigenvalue weighted by Gasteiger charge is -2.33. The van der Waals surface area contributed by atoms with E-state index in [0.29, 0.717) is 18.1 Å². The summed E-state index contributed by atoms with van der Waals surface area (Å²) in [5, 5.41) is 3.87. The van der Waals surface area contributed by atoms with Gasteiger partial charge in [-0.1, -0.05) is 29.8 Å². The minimum atomic E-state index is 0.00893. The van der Waals surface area contributed by atoms with Crippen molar-refractivity contribution in [3.63, 3.8) is 0 Å². The summed E-state index contributed by atoms with van der Waals surface area (Å²) >= 11 is 6.02. The number of halogens is 1. The van der Waals surface area contributed by atoms with Crippen LogP contribution in [0.3, 0.4) is 0 Å². The van der Waals surface area contributed by atoms with E-state index in [1.165, 1.54) is 0 Å². The molecule has 1 aliphatic heterocycles. The zero-order chi connectivity index (χ0) is 16.7. The zero-order valence-corrected chi connectivity index (χ0v) is 14.6. The van der Waals surface area contributed by atoms with Crippen molar-refractivity contribution < 1.29 is 4.79 Å². The van der Waals surface area contributed by atoms with Gasteiger partial charge in [-0.15, -0.1) is 6.58 Å². The maximum Gasteiger partial charge on any atom is 0.317 e. The van der Waals surface area contributed by atoms with Crippen molar-refractivity contribution in [3.05, 3.63) is 47.5 Å². The fraction of sp³-hybridized carbons (Fsp3) is 0.500. The van der Waals surface area contributed by atoms with Crippen molar-refractivity contribution in [1.82, 2.24) is 15.1 Å². The number of benzene rings is 1. The molecule has 4 nitrogen and oxygen atoms in total. The third-order valence-electron chi connectivity index (χ3n) is 4.23. The van der Waals surface area contributed by atoms with E-state index >= 15 is 0 Å². The maximum absolute atomic E-state index is 12.5. The summed E-state index contributed by atoms with van der Waals surface area (Å²) in [6.07, 6.45) is 3.92. The Morgan fingerprint density at radius 1 is 1.48 bits per heavy atom. The summed E-state index contributed by atoms with van der Waals surface area (Å²) in [6, 6.07) is 7.93. The summed E-state index contributed by atoms with van der Waals surface area (Å²) in [5.74, 6) is 0. The molecule has 0 aliphatic carbocycles. The third-order valence-corrected chi connectivity index (χ3v) is 4.47. The van der Waals surface area contributed by atoms with Gasteiger partial charge in [-0.05, 0) is 37.5 Å². The molecule has 1 aromatic carbocycles. The van der Waals surface area contributed by atoms with Gasteiger partial charge in [0.1, 0.15) is 0 Å². The number of urea groups is 1. The molecule has 0 aromatic heterocycles. The molecule has 5 heteroatoms. The minimum Gasteiger partial charge on any atom is -0.335 e. The van der Waals surface area contributed by atoms with Gasteiger partial charge in [0.2, 0.25) is 0 Å². The molecule has 2 amide bonds. The van der Waals surface area contributed by atoms with Crippen molar-refractivity contribution in [1.29, 1.82) is 0 Å². The molecule has 0 spiro atoms. The Morgan fingerprint density at radius 2 is 2.22 bits per heavy atom. The van der Waals surface area contributed by atoms with Gasteiger partial charge < -0.3 is 10.2 Å². The van der Waals surface area contributed by atoms with Crippen LogP contribution in [0.4, 0.5) is 4.79 Å². The first kappa shape index (κ1) is 17.8. The molecule has 1 fully saturated rings. The highest BCUT2D eigenvalue weighted by molar-refractivity contribution is 6.30. The SMILES string of the molecule is C=CCN1CCC(NC(=O)N(CC)Cc2cccc(Cl)c2)CC1. The molecule has 1 saturated heterocycles. The molecule has 0 saturated carbocycles. The van der Waals surface area contributed by atoms with E-state index in [1.54, 1.807) is 0 Å². The van der Waals surface area contributed by atoms with Crippen LogP contribution in [0.2, 0.25) is 5.02 Å². The number of rotatable bonds is 6. The van der Waals surface area contributed by atoms with E-state index < -0.39 is 0 Å². The summed E-state index contributed by atoms with van der Waals surface area (Å²) in [4.78, 5) is 16.7. The lowest BCUT2D eigenvalue weighted by Crippen LogP contribution is -2.49. The van der Waals surface area contributed by atoms with E-state index in [9.17, 15) is 4.79 Å². The number of hydrogen-bond acceptors (Lipinski definition) is 2. The normalized spacial score (nSPS) is 16.1. The van der Waals surface area contributed by atoms with Crippen LogP contribution in [0.15, 0.2) is 36.9 Å². The molecule has 23 heavy (non-hydrogen) atoms. The number of amides is 2. The monoisotopic (exact) mass is 335 g/mol. The number of nitrogens with one attached hydrogen (secondary N) is 1. The Kier molecular flexibility index (Phi) is 6.93. The van der Waals surface area contributed by atoms with Gasteiger partial charge in [-0.3, -0.25) is 4.90 Å². The highest BCUT2D eigenvalue weighted by Crippen LogP contribution is 2.14. The van der Waals surface area contributed by atoms with Crippen LogP contribution < -0.4 is 5.32 Å². The second-order valence-corrected chi connectivity index (χ2v) is 6.39. The fourth-order valence-electron chi connectivity index (χ4n) is 2.89. The zero-order valence-electron chi connectivity index (χ0n) is 13.8. The predicted molar refractivity (Wildman–Crippen MR) is 95.7 cm³/mol. The van der Waals surface area contributed by atoms with E-state index in [1.807, 2.05) is 42.2 Å². The van der Waals surface area contributed by atoms with Crippen LogP contribution in [-0.2, 0) is 6.54 Å². The molecule has 1 aromatic rings. The number of carbonyl (C=O) groups excluding carboxylic acids is 1. The number of likely N-dealkylation sites (tertiary alicyclic amines) is 1. The highest BCUT2D eigenvalue weighted by Gasteiger charge is 2.22. The lowest BCUT2D eigenvalue weighted by molar-refractivity contribution is 0.177. The average molecular weight is 336 g/mol. The van der Waals surface area contributed by atoms with Crippen molar-refractivity contribution in [2.75, 3.05) is 26.2 Å². The summed E-state index contributed by atoms with van der Waals surface area (Å²) in [7, 11) is 0. The molecule has 0 bridgehead atoms. The second-order valence-electron chi connectivity index (χ2n) is 5.96. The molecular formula is C18H26ClN3O. The molecule has 126 valence electrons. The number of nitrogens with zero attached hydrogens (tertiary/aromatic N) is 2. The standard InChI is InChI=1S/C18H26ClN3O/c1-3-10-21-11-8-17(9-12-21)20-18(23)22(4-2)14-15-6-5-7-16(19)13-15/h3,5-7,13,17H,1,4,8-12,14H2,2H3,(H,20,23).